The maximum atomic E-state index is 13.5. The highest BCUT2D eigenvalue weighted by Gasteiger charge is 2.02. The van der Waals surface area contributed by atoms with Gasteiger partial charge in [0.1, 0.15) is 5.82 Å². The lowest BCUT2D eigenvalue weighted by Crippen LogP contribution is -1.92. The second-order valence-corrected chi connectivity index (χ2v) is 5.49. The van der Waals surface area contributed by atoms with Gasteiger partial charge in [0.05, 0.1) is 16.4 Å². The molecule has 0 aliphatic carbocycles. The summed E-state index contributed by atoms with van der Waals surface area (Å²) in [6, 6.07) is 12.1. The molecule has 0 atom stereocenters. The second-order valence-electron chi connectivity index (χ2n) is 4.02. The first-order chi connectivity index (χ1) is 9.72. The van der Waals surface area contributed by atoms with Crippen LogP contribution in [0.1, 0.15) is 5.56 Å². The van der Waals surface area contributed by atoms with Gasteiger partial charge in [0.15, 0.2) is 0 Å². The van der Waals surface area contributed by atoms with Crippen LogP contribution in [0.3, 0.4) is 0 Å². The zero-order chi connectivity index (χ0) is 13.9. The molecule has 1 heterocycles. The number of hydrogen-bond donors (Lipinski definition) is 1. The van der Waals surface area contributed by atoms with Crippen molar-refractivity contribution in [2.75, 3.05) is 5.43 Å². The number of para-hydroxylation sites is 1. The molecule has 0 aliphatic rings. The molecule has 0 saturated carbocycles. The number of halogens is 2. The molecule has 20 heavy (non-hydrogen) atoms. The summed E-state index contributed by atoms with van der Waals surface area (Å²) in [5.41, 5.74) is 4.03. The van der Waals surface area contributed by atoms with Gasteiger partial charge in [-0.3, -0.25) is 5.43 Å². The number of hydrogen-bond acceptors (Lipinski definition) is 4. The van der Waals surface area contributed by atoms with E-state index in [-0.39, 0.29) is 5.82 Å². The zero-order valence-electron chi connectivity index (χ0n) is 10.2. The Balaban J connectivity index is 1.78. The average Bonchev–Trinajstić information content (AvgIpc) is 2.85. The molecule has 0 spiro atoms. The third-order valence-corrected chi connectivity index (χ3v) is 3.79. The van der Waals surface area contributed by atoms with Crippen LogP contribution in [0.15, 0.2) is 47.6 Å². The Labute approximate surface area is 123 Å². The lowest BCUT2D eigenvalue weighted by Gasteiger charge is -1.97. The fourth-order valence-corrected chi connectivity index (χ4v) is 2.69. The van der Waals surface area contributed by atoms with E-state index in [2.05, 4.69) is 15.5 Å². The van der Waals surface area contributed by atoms with Crippen molar-refractivity contribution in [2.24, 2.45) is 5.10 Å². The lowest BCUT2D eigenvalue weighted by molar-refractivity contribution is 0.626. The molecule has 2 aromatic carbocycles. The zero-order valence-corrected chi connectivity index (χ0v) is 11.7. The lowest BCUT2D eigenvalue weighted by atomic mass is 10.2. The van der Waals surface area contributed by atoms with Crippen molar-refractivity contribution in [3.05, 3.63) is 58.9 Å². The second kappa shape index (κ2) is 5.56. The predicted octanol–water partition coefficient (Wildman–Crippen LogP) is 4.53. The minimum Gasteiger partial charge on any atom is -0.253 e. The first-order valence-electron chi connectivity index (χ1n) is 5.82. The summed E-state index contributed by atoms with van der Waals surface area (Å²) in [4.78, 5) is 4.36. The van der Waals surface area contributed by atoms with E-state index in [1.54, 1.807) is 0 Å². The van der Waals surface area contributed by atoms with Gasteiger partial charge in [-0.1, -0.05) is 35.1 Å². The molecular formula is C14H9ClFN3S. The minimum atomic E-state index is -0.371. The third-order valence-electron chi connectivity index (χ3n) is 2.62. The van der Waals surface area contributed by atoms with E-state index in [1.807, 2.05) is 24.3 Å². The van der Waals surface area contributed by atoms with Crippen LogP contribution in [-0.2, 0) is 0 Å². The van der Waals surface area contributed by atoms with Crippen LogP contribution in [0, 0.1) is 5.82 Å². The Bertz CT molecular complexity index is 752. The standard InChI is InChI=1S/C14H9ClFN3S/c15-10-5-6-11(16)9(7-10)8-17-19-14-18-12-3-1-2-4-13(12)20-14/h1-8H,(H,18,19)/b17-8+. The van der Waals surface area contributed by atoms with E-state index in [0.717, 1.165) is 10.2 Å². The number of fused-ring (bicyclic) bond motifs is 1. The molecule has 3 aromatic rings. The molecule has 3 nitrogen and oxygen atoms in total. The molecule has 100 valence electrons. The van der Waals surface area contributed by atoms with E-state index in [9.17, 15) is 4.39 Å². The largest absolute Gasteiger partial charge is 0.253 e. The molecule has 0 amide bonds. The van der Waals surface area contributed by atoms with Gasteiger partial charge >= 0.3 is 0 Å². The minimum absolute atomic E-state index is 0.325. The summed E-state index contributed by atoms with van der Waals surface area (Å²) in [6.45, 7) is 0. The number of thiazole rings is 1. The molecular weight excluding hydrogens is 297 g/mol. The maximum Gasteiger partial charge on any atom is 0.204 e. The quantitative estimate of drug-likeness (QED) is 0.570. The van der Waals surface area contributed by atoms with Crippen LogP contribution in [0.25, 0.3) is 10.2 Å². The van der Waals surface area contributed by atoms with Crippen molar-refractivity contribution in [3.8, 4) is 0 Å². The van der Waals surface area contributed by atoms with Crippen molar-refractivity contribution >= 4 is 44.5 Å². The topological polar surface area (TPSA) is 37.3 Å². The number of benzene rings is 2. The monoisotopic (exact) mass is 305 g/mol. The Kier molecular flexibility index (Phi) is 3.62. The van der Waals surface area contributed by atoms with Gasteiger partial charge in [-0.15, -0.1) is 0 Å². The molecule has 0 saturated heterocycles. The summed E-state index contributed by atoms with van der Waals surface area (Å²) >= 11 is 7.29. The molecule has 0 bridgehead atoms. The van der Waals surface area contributed by atoms with Crippen LogP contribution in [0.2, 0.25) is 5.02 Å². The highest BCUT2D eigenvalue weighted by molar-refractivity contribution is 7.22. The van der Waals surface area contributed by atoms with Crippen molar-refractivity contribution < 1.29 is 4.39 Å². The van der Waals surface area contributed by atoms with Crippen LogP contribution in [0.4, 0.5) is 9.52 Å². The van der Waals surface area contributed by atoms with Crippen LogP contribution in [-0.4, -0.2) is 11.2 Å². The number of rotatable bonds is 3. The Morgan fingerprint density at radius 2 is 2.10 bits per heavy atom. The summed E-state index contributed by atoms with van der Waals surface area (Å²) in [6.07, 6.45) is 1.38. The summed E-state index contributed by atoms with van der Waals surface area (Å²) in [5, 5.41) is 5.11. The Hall–Kier alpha value is -1.98. The first kappa shape index (κ1) is 13.0. The van der Waals surface area contributed by atoms with Gasteiger partial charge in [-0.05, 0) is 30.3 Å². The number of nitrogens with one attached hydrogen (secondary N) is 1. The molecule has 0 aliphatic heterocycles. The SMILES string of the molecule is Fc1ccc(Cl)cc1/C=N/Nc1nc2ccccc2s1. The van der Waals surface area contributed by atoms with E-state index in [4.69, 9.17) is 11.6 Å². The van der Waals surface area contributed by atoms with Gasteiger partial charge in [0, 0.05) is 10.6 Å². The molecule has 0 fully saturated rings. The molecule has 6 heteroatoms. The smallest absolute Gasteiger partial charge is 0.204 e. The van der Waals surface area contributed by atoms with E-state index >= 15 is 0 Å². The van der Waals surface area contributed by atoms with Gasteiger partial charge in [0.25, 0.3) is 0 Å². The summed E-state index contributed by atoms with van der Waals surface area (Å²) < 4.78 is 14.5. The Morgan fingerprint density at radius 3 is 2.95 bits per heavy atom. The van der Waals surface area contributed by atoms with Crippen LogP contribution < -0.4 is 5.43 Å². The van der Waals surface area contributed by atoms with E-state index in [0.29, 0.717) is 15.7 Å². The highest BCUT2D eigenvalue weighted by Crippen LogP contribution is 2.25. The van der Waals surface area contributed by atoms with Gasteiger partial charge < -0.3 is 0 Å². The highest BCUT2D eigenvalue weighted by atomic mass is 35.5. The molecule has 0 radical (unpaired) electrons. The third kappa shape index (κ3) is 2.79. The molecule has 1 aromatic heterocycles. The van der Waals surface area contributed by atoms with Crippen LogP contribution >= 0.6 is 22.9 Å². The predicted molar refractivity (Wildman–Crippen MR) is 82.2 cm³/mol. The van der Waals surface area contributed by atoms with Crippen molar-refractivity contribution in [2.45, 2.75) is 0 Å². The van der Waals surface area contributed by atoms with E-state index in [1.165, 1.54) is 35.8 Å². The van der Waals surface area contributed by atoms with Gasteiger partial charge in [0.2, 0.25) is 5.13 Å². The van der Waals surface area contributed by atoms with Gasteiger partial charge in [-0.2, -0.15) is 5.10 Å². The van der Waals surface area contributed by atoms with Crippen molar-refractivity contribution in [1.82, 2.24) is 4.98 Å². The van der Waals surface area contributed by atoms with E-state index < -0.39 is 0 Å². The molecule has 0 unspecified atom stereocenters. The number of nitrogens with zero attached hydrogens (tertiary/aromatic N) is 2. The molecule has 3 rings (SSSR count). The number of anilines is 1. The normalized spacial score (nSPS) is 11.3. The van der Waals surface area contributed by atoms with Gasteiger partial charge in [-0.25, -0.2) is 9.37 Å². The number of hydrazone groups is 1. The number of aromatic nitrogens is 1. The molecule has 1 N–H and O–H groups in total. The summed E-state index contributed by atoms with van der Waals surface area (Å²) in [5.74, 6) is -0.371. The summed E-state index contributed by atoms with van der Waals surface area (Å²) in [7, 11) is 0. The fraction of sp³-hybridized carbons (Fsp3) is 0. The maximum absolute atomic E-state index is 13.5. The fourth-order valence-electron chi connectivity index (χ4n) is 1.69. The van der Waals surface area contributed by atoms with Crippen LogP contribution in [0.5, 0.6) is 0 Å². The average molecular weight is 306 g/mol. The Morgan fingerprint density at radius 1 is 1.25 bits per heavy atom. The van der Waals surface area contributed by atoms with Crippen molar-refractivity contribution in [1.29, 1.82) is 0 Å². The first-order valence-corrected chi connectivity index (χ1v) is 7.01. The van der Waals surface area contributed by atoms with Crippen molar-refractivity contribution in [3.63, 3.8) is 0 Å².